The highest BCUT2D eigenvalue weighted by Crippen LogP contribution is 2.28. The minimum atomic E-state index is -0.761. The molecule has 21 heavy (non-hydrogen) atoms. The van der Waals surface area contributed by atoms with Gasteiger partial charge >= 0.3 is 5.97 Å². The van der Waals surface area contributed by atoms with Crippen molar-refractivity contribution in [3.05, 3.63) is 47.0 Å². The topological polar surface area (TPSA) is 63.1 Å². The lowest BCUT2D eigenvalue weighted by Gasteiger charge is -2.22. The van der Waals surface area contributed by atoms with E-state index in [9.17, 15) is 9.18 Å². The number of benzene rings is 1. The van der Waals surface area contributed by atoms with Crippen molar-refractivity contribution in [2.24, 2.45) is 5.92 Å². The maximum absolute atomic E-state index is 13.0. The number of hydrogen-bond acceptors (Lipinski definition) is 3. The predicted octanol–water partition coefficient (Wildman–Crippen LogP) is 2.78. The summed E-state index contributed by atoms with van der Waals surface area (Å²) in [6, 6.07) is 6.07. The maximum atomic E-state index is 13.0. The molecule has 3 rings (SSSR count). The van der Waals surface area contributed by atoms with Gasteiger partial charge in [0.05, 0.1) is 5.92 Å². The van der Waals surface area contributed by atoms with E-state index in [-0.39, 0.29) is 11.7 Å². The van der Waals surface area contributed by atoms with Crippen LogP contribution < -0.4 is 0 Å². The van der Waals surface area contributed by atoms with Crippen LogP contribution >= 0.6 is 0 Å². The number of carboxylic acids is 1. The van der Waals surface area contributed by atoms with Crippen LogP contribution in [0.2, 0.25) is 0 Å². The van der Waals surface area contributed by atoms with Crippen LogP contribution in [-0.2, 0) is 17.6 Å². The highest BCUT2D eigenvalue weighted by molar-refractivity contribution is 5.71. The Morgan fingerprint density at radius 2 is 2.00 bits per heavy atom. The molecule has 0 spiro atoms. The monoisotopic (exact) mass is 286 g/mol. The van der Waals surface area contributed by atoms with Gasteiger partial charge in [0.1, 0.15) is 5.82 Å². The summed E-state index contributed by atoms with van der Waals surface area (Å²) in [5, 5.41) is 9.14. The van der Waals surface area contributed by atoms with Crippen molar-refractivity contribution in [3.63, 3.8) is 0 Å². The molecular formula is C16H15FN2O2. The van der Waals surface area contributed by atoms with E-state index in [1.807, 2.05) is 6.92 Å². The zero-order chi connectivity index (χ0) is 15.0. The molecule has 0 saturated carbocycles. The van der Waals surface area contributed by atoms with Crippen LogP contribution in [0.4, 0.5) is 4.39 Å². The van der Waals surface area contributed by atoms with Gasteiger partial charge in [-0.1, -0.05) is 0 Å². The first-order chi connectivity index (χ1) is 10.0. The fourth-order valence-electron chi connectivity index (χ4n) is 2.73. The summed E-state index contributed by atoms with van der Waals surface area (Å²) in [6.45, 7) is 1.87. The van der Waals surface area contributed by atoms with Crippen molar-refractivity contribution in [1.82, 2.24) is 9.97 Å². The molecule has 1 aromatic carbocycles. The second-order valence-corrected chi connectivity index (χ2v) is 5.34. The van der Waals surface area contributed by atoms with E-state index in [4.69, 9.17) is 5.11 Å². The Morgan fingerprint density at radius 3 is 2.67 bits per heavy atom. The molecule has 0 saturated heterocycles. The molecule has 108 valence electrons. The Kier molecular flexibility index (Phi) is 3.41. The van der Waals surface area contributed by atoms with Gasteiger partial charge < -0.3 is 5.11 Å². The van der Waals surface area contributed by atoms with E-state index in [1.54, 1.807) is 12.1 Å². The average molecular weight is 286 g/mol. The Labute approximate surface area is 121 Å². The molecular weight excluding hydrogens is 271 g/mol. The zero-order valence-corrected chi connectivity index (χ0v) is 11.6. The Bertz CT molecular complexity index is 698. The highest BCUT2D eigenvalue weighted by atomic mass is 19.1. The first-order valence-corrected chi connectivity index (χ1v) is 6.89. The van der Waals surface area contributed by atoms with E-state index in [0.29, 0.717) is 25.1 Å². The third-order valence-electron chi connectivity index (χ3n) is 3.93. The second kappa shape index (κ2) is 5.24. The normalized spacial score (nSPS) is 17.3. The Hall–Kier alpha value is -2.30. The first kappa shape index (κ1) is 13.7. The van der Waals surface area contributed by atoms with Gasteiger partial charge in [0.15, 0.2) is 5.82 Å². The van der Waals surface area contributed by atoms with Crippen LogP contribution in [0.25, 0.3) is 11.4 Å². The minimum Gasteiger partial charge on any atom is -0.481 e. The molecule has 4 nitrogen and oxygen atoms in total. The fourth-order valence-corrected chi connectivity index (χ4v) is 2.73. The van der Waals surface area contributed by atoms with Crippen LogP contribution in [0, 0.1) is 18.7 Å². The van der Waals surface area contributed by atoms with Gasteiger partial charge in [-0.05, 0) is 56.0 Å². The Morgan fingerprint density at radius 1 is 1.29 bits per heavy atom. The Balaban J connectivity index is 1.99. The largest absolute Gasteiger partial charge is 0.481 e. The molecule has 5 heteroatoms. The lowest BCUT2D eigenvalue weighted by molar-refractivity contribution is -0.142. The molecule has 0 fully saturated rings. The van der Waals surface area contributed by atoms with Crippen molar-refractivity contribution in [1.29, 1.82) is 0 Å². The van der Waals surface area contributed by atoms with Crippen LogP contribution in [0.15, 0.2) is 24.3 Å². The van der Waals surface area contributed by atoms with Gasteiger partial charge in [0.2, 0.25) is 0 Å². The second-order valence-electron chi connectivity index (χ2n) is 5.34. The molecule has 2 aromatic rings. The van der Waals surface area contributed by atoms with Gasteiger partial charge in [-0.3, -0.25) is 4.79 Å². The van der Waals surface area contributed by atoms with Gasteiger partial charge in [-0.2, -0.15) is 0 Å². The number of carbonyl (C=O) groups is 1. The number of carboxylic acid groups (broad SMARTS) is 1. The van der Waals surface area contributed by atoms with Crippen molar-refractivity contribution < 1.29 is 14.3 Å². The molecule has 0 radical (unpaired) electrons. The van der Waals surface area contributed by atoms with Crippen molar-refractivity contribution >= 4 is 5.97 Å². The van der Waals surface area contributed by atoms with Crippen LogP contribution in [0.1, 0.15) is 23.4 Å². The quantitative estimate of drug-likeness (QED) is 0.922. The molecule has 1 atom stereocenters. The first-order valence-electron chi connectivity index (χ1n) is 6.89. The molecule has 1 aromatic heterocycles. The third kappa shape index (κ3) is 2.63. The smallest absolute Gasteiger partial charge is 0.306 e. The standard InChI is InChI=1S/C16H15FN2O2/c1-9-13-8-11(16(20)21)4-7-14(13)19-15(18-9)10-2-5-12(17)6-3-10/h2-3,5-6,11H,4,7-8H2,1H3,(H,20,21). The number of aryl methyl sites for hydroxylation is 2. The SMILES string of the molecule is Cc1nc(-c2ccc(F)cc2)nc2c1CC(C(=O)O)CC2. The summed E-state index contributed by atoms with van der Waals surface area (Å²) < 4.78 is 13.0. The summed E-state index contributed by atoms with van der Waals surface area (Å²) in [5.41, 5.74) is 3.44. The van der Waals surface area contributed by atoms with Gasteiger partial charge in [0.25, 0.3) is 0 Å². The molecule has 1 unspecified atom stereocenters. The van der Waals surface area contributed by atoms with E-state index < -0.39 is 5.97 Å². The number of fused-ring (bicyclic) bond motifs is 1. The van der Waals surface area contributed by atoms with E-state index >= 15 is 0 Å². The molecule has 1 aliphatic rings. The van der Waals surface area contributed by atoms with Crippen LogP contribution in [-0.4, -0.2) is 21.0 Å². The van der Waals surface area contributed by atoms with Crippen molar-refractivity contribution in [2.45, 2.75) is 26.2 Å². The molecule has 0 bridgehead atoms. The molecule has 1 heterocycles. The number of nitrogens with zero attached hydrogens (tertiary/aromatic N) is 2. The summed E-state index contributed by atoms with van der Waals surface area (Å²) in [6.07, 6.45) is 1.73. The van der Waals surface area contributed by atoms with Gasteiger partial charge in [-0.25, -0.2) is 14.4 Å². The highest BCUT2D eigenvalue weighted by Gasteiger charge is 2.27. The molecule has 1 N–H and O–H groups in total. The lowest BCUT2D eigenvalue weighted by Crippen LogP contribution is -2.24. The number of halogens is 1. The average Bonchev–Trinajstić information content (AvgIpc) is 2.47. The number of hydrogen-bond donors (Lipinski definition) is 1. The van der Waals surface area contributed by atoms with Crippen LogP contribution in [0.3, 0.4) is 0 Å². The molecule has 1 aliphatic carbocycles. The summed E-state index contributed by atoms with van der Waals surface area (Å²) in [4.78, 5) is 20.1. The van der Waals surface area contributed by atoms with Crippen molar-refractivity contribution in [2.75, 3.05) is 0 Å². The number of aromatic nitrogens is 2. The molecule has 0 aliphatic heterocycles. The van der Waals surface area contributed by atoms with E-state index in [0.717, 1.165) is 22.5 Å². The fraction of sp³-hybridized carbons (Fsp3) is 0.312. The molecule has 0 amide bonds. The zero-order valence-electron chi connectivity index (χ0n) is 11.6. The lowest BCUT2D eigenvalue weighted by atomic mass is 9.86. The number of aliphatic carboxylic acids is 1. The summed E-state index contributed by atoms with van der Waals surface area (Å²) in [7, 11) is 0. The van der Waals surface area contributed by atoms with E-state index in [2.05, 4.69) is 9.97 Å². The predicted molar refractivity (Wildman–Crippen MR) is 75.3 cm³/mol. The van der Waals surface area contributed by atoms with E-state index in [1.165, 1.54) is 12.1 Å². The summed E-state index contributed by atoms with van der Waals surface area (Å²) in [5.74, 6) is -0.836. The summed E-state index contributed by atoms with van der Waals surface area (Å²) >= 11 is 0. The van der Waals surface area contributed by atoms with Crippen LogP contribution in [0.5, 0.6) is 0 Å². The van der Waals surface area contributed by atoms with Crippen molar-refractivity contribution in [3.8, 4) is 11.4 Å². The van der Waals surface area contributed by atoms with Gasteiger partial charge in [0, 0.05) is 17.0 Å². The van der Waals surface area contributed by atoms with Gasteiger partial charge in [-0.15, -0.1) is 0 Å². The minimum absolute atomic E-state index is 0.294. The number of rotatable bonds is 2. The third-order valence-corrected chi connectivity index (χ3v) is 3.93. The maximum Gasteiger partial charge on any atom is 0.306 e.